The highest BCUT2D eigenvalue weighted by Crippen LogP contribution is 1.95. The Balaban J connectivity index is 3.39. The van der Waals surface area contributed by atoms with Crippen molar-refractivity contribution in [2.45, 2.75) is 6.92 Å². The molecule has 1 N–H and O–H groups in total. The molecular weight excluding hydrogens is 110 g/mol. The lowest BCUT2D eigenvalue weighted by atomic mass is 10.4. The molecule has 0 aliphatic rings. The van der Waals surface area contributed by atoms with E-state index in [1.54, 1.807) is 6.20 Å². The van der Waals surface area contributed by atoms with E-state index in [2.05, 4.69) is 21.9 Å². The molecule has 0 saturated heterocycles. The molecule has 0 bridgehead atoms. The van der Waals surface area contributed by atoms with Gasteiger partial charge in [0.1, 0.15) is 0 Å². The Bertz CT molecular complexity index is 199. The van der Waals surface area contributed by atoms with Gasteiger partial charge in [-0.1, -0.05) is 0 Å². The van der Waals surface area contributed by atoms with Crippen molar-refractivity contribution in [1.29, 1.82) is 0 Å². The Morgan fingerprint density at radius 2 is 2.57 bits per heavy atom. The molecule has 0 saturated carbocycles. The van der Waals surface area contributed by atoms with Crippen LogP contribution in [0.3, 0.4) is 0 Å². The molecule has 1 aromatic rings. The van der Waals surface area contributed by atoms with Crippen molar-refractivity contribution in [3.8, 4) is 0 Å². The summed E-state index contributed by atoms with van der Waals surface area (Å²) in [6.07, 6.45) is 1.72. The van der Waals surface area contributed by atoms with Crippen molar-refractivity contribution in [1.82, 2.24) is 5.16 Å². The average molecular weight is 115 g/mol. The molecule has 0 aromatic carbocycles. The second-order valence-corrected chi connectivity index (χ2v) is 1.71. The maximum absolute atomic E-state index is 4.69. The second-order valence-electron chi connectivity index (χ2n) is 1.33. The quantitative estimate of drug-likeness (QED) is 0.521. The summed E-state index contributed by atoms with van der Waals surface area (Å²) in [5.74, 6) is 0. The summed E-state index contributed by atoms with van der Waals surface area (Å²) < 4.78 is 5.20. The van der Waals surface area contributed by atoms with E-state index < -0.39 is 0 Å². The van der Waals surface area contributed by atoms with Crippen molar-refractivity contribution in [3.63, 3.8) is 0 Å². The molecule has 3 heteroatoms. The minimum absolute atomic E-state index is 0.542. The van der Waals surface area contributed by atoms with Gasteiger partial charge in [-0.05, 0) is 19.1 Å². The highest BCUT2D eigenvalue weighted by atomic mass is 32.1. The number of hydrogen-bond donors (Lipinski definition) is 1. The number of aromatic nitrogens is 1. The normalized spacial score (nSPS) is 9.29. The van der Waals surface area contributed by atoms with Crippen LogP contribution < -0.4 is 0 Å². The first kappa shape index (κ1) is 4.59. The van der Waals surface area contributed by atoms with Gasteiger partial charge in [-0.25, -0.2) is 5.16 Å². The topological polar surface area (TPSA) is 28.9 Å². The molecule has 38 valence electrons. The van der Waals surface area contributed by atoms with Gasteiger partial charge in [-0.15, -0.1) is 0 Å². The van der Waals surface area contributed by atoms with Crippen molar-refractivity contribution in [3.05, 3.63) is 16.5 Å². The van der Waals surface area contributed by atoms with Crippen LogP contribution in [-0.2, 0) is 0 Å². The molecule has 0 fully saturated rings. The number of aryl methyl sites for hydroxylation is 1. The third kappa shape index (κ3) is 0.718. The Morgan fingerprint density at radius 3 is 2.71 bits per heavy atom. The second kappa shape index (κ2) is 1.50. The smallest absolute Gasteiger partial charge is 0.222 e. The average Bonchev–Trinajstić information content (AvgIpc) is 1.91. The Kier molecular flexibility index (Phi) is 0.982. The summed E-state index contributed by atoms with van der Waals surface area (Å²) >= 11 is 4.69. The predicted octanol–water partition coefficient (Wildman–Crippen LogP) is 1.65. The molecule has 0 radical (unpaired) electrons. The van der Waals surface area contributed by atoms with Crippen LogP contribution in [0, 0.1) is 11.6 Å². The van der Waals surface area contributed by atoms with E-state index in [0.717, 1.165) is 5.56 Å². The maximum atomic E-state index is 4.69. The van der Waals surface area contributed by atoms with E-state index in [4.69, 9.17) is 0 Å². The van der Waals surface area contributed by atoms with E-state index >= 15 is 0 Å². The van der Waals surface area contributed by atoms with Gasteiger partial charge in [0, 0.05) is 11.8 Å². The van der Waals surface area contributed by atoms with Crippen molar-refractivity contribution >= 4 is 12.2 Å². The first-order chi connectivity index (χ1) is 3.30. The molecule has 0 atom stereocenters. The van der Waals surface area contributed by atoms with E-state index in [1.807, 2.05) is 6.92 Å². The monoisotopic (exact) mass is 115 g/mol. The molecular formula is C4H5NOS. The molecule has 0 unspecified atom stereocenters. The SMILES string of the molecule is Cc1c[nH]oc1=S. The first-order valence-electron chi connectivity index (χ1n) is 1.94. The van der Waals surface area contributed by atoms with Crippen LogP contribution in [0.2, 0.25) is 0 Å². The predicted molar refractivity (Wildman–Crippen MR) is 28.6 cm³/mol. The summed E-state index contributed by atoms with van der Waals surface area (Å²) in [4.78, 5) is 0. The zero-order valence-electron chi connectivity index (χ0n) is 3.89. The molecule has 1 aromatic heterocycles. The largest absolute Gasteiger partial charge is 0.371 e. The van der Waals surface area contributed by atoms with Crippen LogP contribution in [-0.4, -0.2) is 5.16 Å². The van der Waals surface area contributed by atoms with Gasteiger partial charge in [0.05, 0.1) is 0 Å². The van der Waals surface area contributed by atoms with E-state index in [1.165, 1.54) is 0 Å². The highest BCUT2D eigenvalue weighted by Gasteiger charge is 1.84. The molecule has 1 rings (SSSR count). The van der Waals surface area contributed by atoms with Gasteiger partial charge < -0.3 is 4.52 Å². The van der Waals surface area contributed by atoms with E-state index in [0.29, 0.717) is 4.71 Å². The van der Waals surface area contributed by atoms with Gasteiger partial charge in [0.25, 0.3) is 0 Å². The zero-order chi connectivity index (χ0) is 5.28. The Labute approximate surface area is 46.1 Å². The molecule has 1 heterocycles. The van der Waals surface area contributed by atoms with Crippen LogP contribution in [0.4, 0.5) is 0 Å². The fraction of sp³-hybridized carbons (Fsp3) is 0.250. The summed E-state index contributed by atoms with van der Waals surface area (Å²) in [6, 6.07) is 0. The third-order valence-corrected chi connectivity index (χ3v) is 1.15. The van der Waals surface area contributed by atoms with Gasteiger partial charge in [-0.3, -0.25) is 0 Å². The third-order valence-electron chi connectivity index (χ3n) is 0.749. The van der Waals surface area contributed by atoms with Crippen LogP contribution in [0.25, 0.3) is 0 Å². The molecule has 0 aliphatic carbocycles. The van der Waals surface area contributed by atoms with Gasteiger partial charge in [-0.2, -0.15) is 0 Å². The number of aromatic amines is 1. The number of hydrogen-bond acceptors (Lipinski definition) is 2. The lowest BCUT2D eigenvalue weighted by molar-refractivity contribution is 0.407. The van der Waals surface area contributed by atoms with Crippen LogP contribution in [0.1, 0.15) is 5.56 Å². The summed E-state index contributed by atoms with van der Waals surface area (Å²) in [5.41, 5.74) is 0.981. The van der Waals surface area contributed by atoms with Gasteiger partial charge >= 0.3 is 0 Å². The zero-order valence-corrected chi connectivity index (χ0v) is 4.71. The van der Waals surface area contributed by atoms with E-state index in [-0.39, 0.29) is 0 Å². The fourth-order valence-corrected chi connectivity index (χ4v) is 0.418. The standard InChI is InChI=1S/C4H5NOS/c1-3-2-5-6-4(3)7/h2,5H,1H3. The molecule has 0 spiro atoms. The molecule has 0 amide bonds. The fourth-order valence-electron chi connectivity index (χ4n) is 0.311. The molecule has 0 aliphatic heterocycles. The number of rotatable bonds is 0. The van der Waals surface area contributed by atoms with Crippen LogP contribution in [0.15, 0.2) is 10.7 Å². The summed E-state index contributed by atoms with van der Waals surface area (Å²) in [5, 5.41) is 2.52. The van der Waals surface area contributed by atoms with Crippen molar-refractivity contribution < 1.29 is 4.52 Å². The van der Waals surface area contributed by atoms with Gasteiger partial charge in [0.15, 0.2) is 0 Å². The Morgan fingerprint density at radius 1 is 1.86 bits per heavy atom. The lowest BCUT2D eigenvalue weighted by Crippen LogP contribution is -1.55. The Hall–Kier alpha value is -0.570. The minimum atomic E-state index is 0.542. The highest BCUT2D eigenvalue weighted by molar-refractivity contribution is 7.71. The van der Waals surface area contributed by atoms with Crippen molar-refractivity contribution in [2.75, 3.05) is 0 Å². The summed E-state index contributed by atoms with van der Waals surface area (Å²) in [7, 11) is 0. The van der Waals surface area contributed by atoms with Crippen LogP contribution in [0.5, 0.6) is 0 Å². The van der Waals surface area contributed by atoms with Crippen molar-refractivity contribution in [2.24, 2.45) is 0 Å². The van der Waals surface area contributed by atoms with Gasteiger partial charge in [0.2, 0.25) is 4.71 Å². The van der Waals surface area contributed by atoms with Crippen LogP contribution >= 0.6 is 12.2 Å². The number of H-pyrrole nitrogens is 1. The maximum Gasteiger partial charge on any atom is 0.222 e. The number of nitrogens with one attached hydrogen (secondary N) is 1. The minimum Gasteiger partial charge on any atom is -0.371 e. The van der Waals surface area contributed by atoms with E-state index in [9.17, 15) is 0 Å². The lowest BCUT2D eigenvalue weighted by Gasteiger charge is -1.64. The molecule has 7 heavy (non-hydrogen) atoms. The molecule has 2 nitrogen and oxygen atoms in total. The first-order valence-corrected chi connectivity index (χ1v) is 2.35. The summed E-state index contributed by atoms with van der Waals surface area (Å²) in [6.45, 7) is 1.89.